The molecule has 0 amide bonds. The molecule has 4 heteroatoms. The molecule has 0 bridgehead atoms. The summed E-state index contributed by atoms with van der Waals surface area (Å²) in [6.45, 7) is 2.46. The molecule has 2 N–H and O–H groups in total. The molecule has 0 aliphatic heterocycles. The lowest BCUT2D eigenvalue weighted by atomic mass is 10.4. The third-order valence-electron chi connectivity index (χ3n) is 1.55. The molecule has 0 unspecified atom stereocenters. The first-order chi connectivity index (χ1) is 6.27. The standard InChI is InChI=1S/C9H10N4/c1-2-3-4-5-13-7-8(6-10)9(11)12-13/h7H,4-5H2,1H3,(H2,11,12). The van der Waals surface area contributed by atoms with Crippen LogP contribution in [-0.2, 0) is 6.54 Å². The van der Waals surface area contributed by atoms with Crippen LogP contribution >= 0.6 is 0 Å². The van der Waals surface area contributed by atoms with Crippen molar-refractivity contribution in [1.82, 2.24) is 9.78 Å². The third kappa shape index (κ3) is 2.25. The van der Waals surface area contributed by atoms with Crippen molar-refractivity contribution in [1.29, 1.82) is 5.26 Å². The summed E-state index contributed by atoms with van der Waals surface area (Å²) in [5, 5.41) is 12.5. The van der Waals surface area contributed by atoms with Gasteiger partial charge in [0.2, 0.25) is 0 Å². The molecule has 0 spiro atoms. The Morgan fingerprint density at radius 2 is 2.46 bits per heavy atom. The number of nitriles is 1. The maximum atomic E-state index is 8.59. The molecular weight excluding hydrogens is 164 g/mol. The summed E-state index contributed by atoms with van der Waals surface area (Å²) in [5.41, 5.74) is 5.89. The highest BCUT2D eigenvalue weighted by molar-refractivity contribution is 5.46. The van der Waals surface area contributed by atoms with Gasteiger partial charge < -0.3 is 5.73 Å². The number of nitrogens with two attached hydrogens (primary N) is 1. The highest BCUT2D eigenvalue weighted by Gasteiger charge is 2.02. The average molecular weight is 174 g/mol. The second-order valence-electron chi connectivity index (χ2n) is 2.48. The van der Waals surface area contributed by atoms with Gasteiger partial charge in [0.05, 0.1) is 6.54 Å². The Morgan fingerprint density at radius 1 is 1.69 bits per heavy atom. The maximum absolute atomic E-state index is 8.59. The van der Waals surface area contributed by atoms with Crippen molar-refractivity contribution in [2.75, 3.05) is 5.73 Å². The van der Waals surface area contributed by atoms with Crippen molar-refractivity contribution < 1.29 is 0 Å². The van der Waals surface area contributed by atoms with Crippen molar-refractivity contribution in [3.8, 4) is 17.9 Å². The van der Waals surface area contributed by atoms with E-state index >= 15 is 0 Å². The van der Waals surface area contributed by atoms with Crippen molar-refractivity contribution in [2.45, 2.75) is 19.9 Å². The molecule has 1 rings (SSSR count). The zero-order valence-corrected chi connectivity index (χ0v) is 7.41. The lowest BCUT2D eigenvalue weighted by Crippen LogP contribution is -1.98. The molecule has 1 aromatic rings. The van der Waals surface area contributed by atoms with E-state index in [9.17, 15) is 0 Å². The molecule has 66 valence electrons. The largest absolute Gasteiger partial charge is 0.381 e. The fourth-order valence-corrected chi connectivity index (χ4v) is 0.932. The van der Waals surface area contributed by atoms with Gasteiger partial charge in [0.1, 0.15) is 11.6 Å². The fourth-order valence-electron chi connectivity index (χ4n) is 0.932. The quantitative estimate of drug-likeness (QED) is 0.673. The Balaban J connectivity index is 2.68. The smallest absolute Gasteiger partial charge is 0.163 e. The summed E-state index contributed by atoms with van der Waals surface area (Å²) in [6.07, 6.45) is 2.36. The maximum Gasteiger partial charge on any atom is 0.163 e. The summed E-state index contributed by atoms with van der Waals surface area (Å²) < 4.78 is 1.64. The van der Waals surface area contributed by atoms with Crippen molar-refractivity contribution in [2.24, 2.45) is 0 Å². The lowest BCUT2D eigenvalue weighted by Gasteiger charge is -1.93. The van der Waals surface area contributed by atoms with Crippen LogP contribution in [0.5, 0.6) is 0 Å². The minimum absolute atomic E-state index is 0.284. The molecule has 0 saturated carbocycles. The molecule has 13 heavy (non-hydrogen) atoms. The number of hydrogen-bond acceptors (Lipinski definition) is 3. The topological polar surface area (TPSA) is 67.6 Å². The van der Waals surface area contributed by atoms with Gasteiger partial charge in [0, 0.05) is 12.6 Å². The van der Waals surface area contributed by atoms with Crippen LogP contribution < -0.4 is 5.73 Å². The molecule has 0 aromatic carbocycles. The van der Waals surface area contributed by atoms with Crippen LogP contribution in [-0.4, -0.2) is 9.78 Å². The summed E-state index contributed by atoms with van der Waals surface area (Å²) in [6, 6.07) is 1.96. The normalized spacial score (nSPS) is 8.62. The molecule has 0 saturated heterocycles. The van der Waals surface area contributed by atoms with Crippen LogP contribution in [0.4, 0.5) is 5.82 Å². The molecular formula is C9H10N4. The Kier molecular flexibility index (Phi) is 2.94. The fraction of sp³-hybridized carbons (Fsp3) is 0.333. The van der Waals surface area contributed by atoms with Gasteiger partial charge in [-0.05, 0) is 6.92 Å². The molecule has 0 radical (unpaired) electrons. The van der Waals surface area contributed by atoms with E-state index in [-0.39, 0.29) is 5.82 Å². The Hall–Kier alpha value is -1.94. The molecule has 0 aliphatic carbocycles. The van der Waals surface area contributed by atoms with Gasteiger partial charge in [-0.25, -0.2) is 0 Å². The third-order valence-corrected chi connectivity index (χ3v) is 1.55. The van der Waals surface area contributed by atoms with E-state index < -0.39 is 0 Å². The van der Waals surface area contributed by atoms with E-state index in [0.29, 0.717) is 12.1 Å². The molecule has 4 nitrogen and oxygen atoms in total. The number of anilines is 1. The second-order valence-corrected chi connectivity index (χ2v) is 2.48. The Labute approximate surface area is 77.0 Å². The highest BCUT2D eigenvalue weighted by atomic mass is 15.3. The van der Waals surface area contributed by atoms with Crippen molar-refractivity contribution in [3.05, 3.63) is 11.8 Å². The Bertz CT molecular complexity index is 386. The molecule has 0 fully saturated rings. The zero-order chi connectivity index (χ0) is 9.68. The van der Waals surface area contributed by atoms with Gasteiger partial charge >= 0.3 is 0 Å². The van der Waals surface area contributed by atoms with Gasteiger partial charge in [-0.1, -0.05) is 0 Å². The second kappa shape index (κ2) is 4.18. The van der Waals surface area contributed by atoms with Gasteiger partial charge in [0.15, 0.2) is 5.82 Å². The van der Waals surface area contributed by atoms with Crippen LogP contribution in [0.1, 0.15) is 18.9 Å². The highest BCUT2D eigenvalue weighted by Crippen LogP contribution is 2.06. The van der Waals surface area contributed by atoms with E-state index in [1.807, 2.05) is 6.07 Å². The number of nitrogens with zero attached hydrogens (tertiary/aromatic N) is 3. The summed E-state index contributed by atoms with van der Waals surface area (Å²) in [5.74, 6) is 5.98. The number of aryl methyl sites for hydroxylation is 1. The minimum atomic E-state index is 0.284. The van der Waals surface area contributed by atoms with Crippen molar-refractivity contribution >= 4 is 5.82 Å². The lowest BCUT2D eigenvalue weighted by molar-refractivity contribution is 0.632. The summed E-state index contributed by atoms with van der Waals surface area (Å²) >= 11 is 0. The molecule has 0 aliphatic rings. The number of aromatic nitrogens is 2. The van der Waals surface area contributed by atoms with E-state index in [0.717, 1.165) is 6.42 Å². The number of nitrogen functional groups attached to an aromatic ring is 1. The SMILES string of the molecule is CC#CCCn1cc(C#N)c(N)n1. The van der Waals surface area contributed by atoms with E-state index in [2.05, 4.69) is 16.9 Å². The molecule has 0 atom stereocenters. The van der Waals surface area contributed by atoms with Crippen LogP contribution in [0, 0.1) is 23.2 Å². The van der Waals surface area contributed by atoms with Crippen LogP contribution in [0.25, 0.3) is 0 Å². The molecule has 1 heterocycles. The van der Waals surface area contributed by atoms with E-state index in [1.54, 1.807) is 17.8 Å². The van der Waals surface area contributed by atoms with Gasteiger partial charge in [0.25, 0.3) is 0 Å². The summed E-state index contributed by atoms with van der Waals surface area (Å²) in [7, 11) is 0. The zero-order valence-electron chi connectivity index (χ0n) is 7.41. The van der Waals surface area contributed by atoms with E-state index in [4.69, 9.17) is 11.0 Å². The van der Waals surface area contributed by atoms with Gasteiger partial charge in [-0.2, -0.15) is 10.4 Å². The van der Waals surface area contributed by atoms with E-state index in [1.165, 1.54) is 0 Å². The monoisotopic (exact) mass is 174 g/mol. The van der Waals surface area contributed by atoms with Gasteiger partial charge in [-0.15, -0.1) is 11.8 Å². The molecule has 1 aromatic heterocycles. The first-order valence-electron chi connectivity index (χ1n) is 3.90. The predicted molar refractivity (Wildman–Crippen MR) is 49.4 cm³/mol. The van der Waals surface area contributed by atoms with Crippen molar-refractivity contribution in [3.63, 3.8) is 0 Å². The average Bonchev–Trinajstić information content (AvgIpc) is 2.47. The van der Waals surface area contributed by atoms with Crippen LogP contribution in [0.3, 0.4) is 0 Å². The van der Waals surface area contributed by atoms with Crippen LogP contribution in [0.2, 0.25) is 0 Å². The number of hydrogen-bond donors (Lipinski definition) is 1. The first-order valence-corrected chi connectivity index (χ1v) is 3.90. The Morgan fingerprint density at radius 3 is 3.00 bits per heavy atom. The summed E-state index contributed by atoms with van der Waals surface area (Å²) in [4.78, 5) is 0. The van der Waals surface area contributed by atoms with Gasteiger partial charge in [-0.3, -0.25) is 4.68 Å². The van der Waals surface area contributed by atoms with Crippen LogP contribution in [0.15, 0.2) is 6.20 Å². The minimum Gasteiger partial charge on any atom is -0.381 e. The number of rotatable bonds is 2. The first kappa shape index (κ1) is 9.15. The predicted octanol–water partition coefficient (Wildman–Crippen LogP) is 0.750.